The highest BCUT2D eigenvalue weighted by Gasteiger charge is 2.14. The van der Waals surface area contributed by atoms with Gasteiger partial charge in [-0.2, -0.15) is 0 Å². The van der Waals surface area contributed by atoms with Gasteiger partial charge in [-0.1, -0.05) is 48.5 Å². The number of rotatable bonds is 10. The number of benzene rings is 2. The molecule has 0 spiro atoms. The molecule has 3 rings (SSSR count). The van der Waals surface area contributed by atoms with Crippen LogP contribution in [-0.2, 0) is 9.63 Å². The minimum atomic E-state index is -1.01. The molecule has 0 saturated carbocycles. The van der Waals surface area contributed by atoms with Crippen molar-refractivity contribution in [2.75, 3.05) is 13.2 Å². The number of hydroxylamine groups is 1. The average molecular weight is 390 g/mol. The molecule has 0 aliphatic heterocycles. The second-order valence-corrected chi connectivity index (χ2v) is 6.27. The van der Waals surface area contributed by atoms with Gasteiger partial charge in [0.05, 0.1) is 6.61 Å². The topological polar surface area (TPSA) is 80.7 Å². The smallest absolute Gasteiger partial charge is 0.341 e. The van der Waals surface area contributed by atoms with Crippen LogP contribution >= 0.6 is 0 Å². The number of carboxylic acids is 1. The fourth-order valence-electron chi connectivity index (χ4n) is 2.82. The summed E-state index contributed by atoms with van der Waals surface area (Å²) >= 11 is 0. The first-order chi connectivity index (χ1) is 14.2. The fraction of sp³-hybridized carbons (Fsp3) is 0.130. The van der Waals surface area contributed by atoms with Crippen LogP contribution in [0.15, 0.2) is 85.3 Å². The lowest BCUT2D eigenvalue weighted by Crippen LogP contribution is -2.15. The lowest BCUT2D eigenvalue weighted by Gasteiger charge is -2.17. The van der Waals surface area contributed by atoms with E-state index in [4.69, 9.17) is 14.7 Å². The number of aromatic nitrogens is 1. The molecule has 1 aromatic heterocycles. The van der Waals surface area contributed by atoms with Crippen LogP contribution in [0.25, 0.3) is 6.08 Å². The number of nitrogens with one attached hydrogen (secondary N) is 1. The van der Waals surface area contributed by atoms with Crippen molar-refractivity contribution < 1.29 is 19.5 Å². The molecule has 148 valence electrons. The summed E-state index contributed by atoms with van der Waals surface area (Å²) < 4.78 is 5.17. The van der Waals surface area contributed by atoms with E-state index in [0.717, 1.165) is 16.7 Å². The molecule has 0 amide bonds. The van der Waals surface area contributed by atoms with Crippen molar-refractivity contribution in [3.05, 3.63) is 102 Å². The zero-order chi connectivity index (χ0) is 20.3. The molecule has 0 fully saturated rings. The van der Waals surface area contributed by atoms with Crippen molar-refractivity contribution in [2.45, 2.75) is 5.92 Å². The maximum Gasteiger partial charge on any atom is 0.341 e. The van der Waals surface area contributed by atoms with E-state index in [0.29, 0.717) is 12.4 Å². The summed E-state index contributed by atoms with van der Waals surface area (Å²) in [5.41, 5.74) is 5.92. The van der Waals surface area contributed by atoms with E-state index in [2.05, 4.69) is 22.6 Å². The number of nitrogens with zero attached hydrogens (tertiary/aromatic N) is 1. The molecule has 0 aliphatic rings. The SMILES string of the molecule is O=C(O)COc1cccc(C=CNOCC(c2ccccc2)c2cccnc2)c1. The summed E-state index contributed by atoms with van der Waals surface area (Å²) in [5.74, 6) is -0.461. The van der Waals surface area contributed by atoms with Crippen LogP contribution < -0.4 is 10.2 Å². The second-order valence-electron chi connectivity index (χ2n) is 6.27. The lowest BCUT2D eigenvalue weighted by atomic mass is 9.93. The molecule has 1 atom stereocenters. The Balaban J connectivity index is 1.56. The van der Waals surface area contributed by atoms with Gasteiger partial charge in [0, 0.05) is 24.5 Å². The van der Waals surface area contributed by atoms with Gasteiger partial charge >= 0.3 is 5.97 Å². The third-order valence-electron chi connectivity index (χ3n) is 4.19. The summed E-state index contributed by atoms with van der Waals surface area (Å²) in [4.78, 5) is 20.5. The summed E-state index contributed by atoms with van der Waals surface area (Å²) in [6, 6.07) is 21.2. The van der Waals surface area contributed by atoms with Crippen molar-refractivity contribution in [1.29, 1.82) is 0 Å². The van der Waals surface area contributed by atoms with Crippen LogP contribution in [0.5, 0.6) is 5.75 Å². The maximum atomic E-state index is 10.6. The zero-order valence-corrected chi connectivity index (χ0v) is 15.8. The normalized spacial score (nSPS) is 11.9. The molecular formula is C23H22N2O4. The van der Waals surface area contributed by atoms with Crippen molar-refractivity contribution in [1.82, 2.24) is 10.5 Å². The Labute approximate surface area is 169 Å². The Morgan fingerprint density at radius 3 is 2.66 bits per heavy atom. The highest BCUT2D eigenvalue weighted by molar-refractivity contribution is 5.68. The standard InChI is InChI=1S/C23H22N2O4/c26-23(27)17-28-21-10-4-6-18(14-21)11-13-25-29-16-22(19-7-2-1-3-8-19)20-9-5-12-24-15-20/h1-15,22,25H,16-17H2,(H,26,27). The van der Waals surface area contributed by atoms with Crippen LogP contribution in [-0.4, -0.2) is 29.3 Å². The monoisotopic (exact) mass is 390 g/mol. The number of ether oxygens (including phenoxy) is 1. The molecule has 3 aromatic rings. The first-order valence-electron chi connectivity index (χ1n) is 9.16. The molecular weight excluding hydrogens is 368 g/mol. The molecule has 0 radical (unpaired) electrons. The van der Waals surface area contributed by atoms with Gasteiger partial charge in [-0.25, -0.2) is 4.79 Å². The highest BCUT2D eigenvalue weighted by Crippen LogP contribution is 2.24. The van der Waals surface area contributed by atoms with E-state index in [1.165, 1.54) is 0 Å². The Hall–Kier alpha value is -3.64. The number of aliphatic carboxylic acids is 1. The van der Waals surface area contributed by atoms with Crippen molar-refractivity contribution in [2.24, 2.45) is 0 Å². The molecule has 0 bridgehead atoms. The van der Waals surface area contributed by atoms with Crippen molar-refractivity contribution in [3.63, 3.8) is 0 Å². The minimum absolute atomic E-state index is 0.0542. The number of hydrogen-bond acceptors (Lipinski definition) is 5. The molecule has 29 heavy (non-hydrogen) atoms. The maximum absolute atomic E-state index is 10.6. The molecule has 1 unspecified atom stereocenters. The number of hydrogen-bond donors (Lipinski definition) is 2. The lowest BCUT2D eigenvalue weighted by molar-refractivity contribution is -0.139. The van der Waals surface area contributed by atoms with Crippen LogP contribution in [0.2, 0.25) is 0 Å². The van der Waals surface area contributed by atoms with Crippen LogP contribution in [0.4, 0.5) is 0 Å². The van der Waals surface area contributed by atoms with E-state index in [1.54, 1.807) is 30.6 Å². The Kier molecular flexibility index (Phi) is 7.37. The van der Waals surface area contributed by atoms with E-state index < -0.39 is 5.97 Å². The van der Waals surface area contributed by atoms with Crippen LogP contribution in [0, 0.1) is 0 Å². The Bertz CT molecular complexity index is 890. The van der Waals surface area contributed by atoms with E-state index in [9.17, 15) is 4.79 Å². The molecule has 6 nitrogen and oxygen atoms in total. The molecule has 1 heterocycles. The van der Waals surface area contributed by atoms with Crippen molar-refractivity contribution >= 4 is 12.0 Å². The number of carbonyl (C=O) groups is 1. The van der Waals surface area contributed by atoms with Crippen LogP contribution in [0.1, 0.15) is 22.6 Å². The van der Waals surface area contributed by atoms with E-state index in [-0.39, 0.29) is 12.5 Å². The molecule has 2 aromatic carbocycles. The predicted molar refractivity (Wildman–Crippen MR) is 110 cm³/mol. The van der Waals surface area contributed by atoms with E-state index >= 15 is 0 Å². The van der Waals surface area contributed by atoms with E-state index in [1.807, 2.05) is 48.7 Å². The number of carboxylic acid groups (broad SMARTS) is 1. The second kappa shape index (κ2) is 10.6. The quantitative estimate of drug-likeness (QED) is 0.404. The summed E-state index contributed by atoms with van der Waals surface area (Å²) in [6.45, 7) is 0.0611. The van der Waals surface area contributed by atoms with Gasteiger partial charge in [-0.15, -0.1) is 0 Å². The molecule has 6 heteroatoms. The molecule has 0 saturated heterocycles. The predicted octanol–water partition coefficient (Wildman–Crippen LogP) is 3.87. The van der Waals surface area contributed by atoms with Gasteiger partial charge in [0.2, 0.25) is 0 Å². The first kappa shape index (κ1) is 20.1. The molecule has 2 N–H and O–H groups in total. The highest BCUT2D eigenvalue weighted by atomic mass is 16.6. The third kappa shape index (κ3) is 6.48. The van der Waals surface area contributed by atoms with Gasteiger partial charge in [0.25, 0.3) is 0 Å². The van der Waals surface area contributed by atoms with Crippen LogP contribution in [0.3, 0.4) is 0 Å². The fourth-order valence-corrected chi connectivity index (χ4v) is 2.82. The van der Waals surface area contributed by atoms with Gasteiger partial charge in [0.1, 0.15) is 5.75 Å². The Morgan fingerprint density at radius 2 is 1.90 bits per heavy atom. The summed E-state index contributed by atoms with van der Waals surface area (Å²) in [5, 5.41) is 8.68. The van der Waals surface area contributed by atoms with Crippen molar-refractivity contribution in [3.8, 4) is 5.75 Å². The number of pyridine rings is 1. The average Bonchev–Trinajstić information content (AvgIpc) is 2.76. The summed E-state index contributed by atoms with van der Waals surface area (Å²) in [6.07, 6.45) is 7.10. The van der Waals surface area contributed by atoms with Gasteiger partial charge in [0.15, 0.2) is 6.61 Å². The third-order valence-corrected chi connectivity index (χ3v) is 4.19. The minimum Gasteiger partial charge on any atom is -0.482 e. The van der Waals surface area contributed by atoms with Gasteiger partial charge < -0.3 is 9.84 Å². The summed E-state index contributed by atoms with van der Waals surface area (Å²) in [7, 11) is 0. The largest absolute Gasteiger partial charge is 0.482 e. The Morgan fingerprint density at radius 1 is 1.07 bits per heavy atom. The zero-order valence-electron chi connectivity index (χ0n) is 15.8. The van der Waals surface area contributed by atoms with Gasteiger partial charge in [-0.3, -0.25) is 15.3 Å². The van der Waals surface area contributed by atoms with Gasteiger partial charge in [-0.05, 0) is 41.0 Å². The first-order valence-corrected chi connectivity index (χ1v) is 9.16. The molecule has 0 aliphatic carbocycles.